The number of ether oxygens (including phenoxy) is 1. The number of nitrogen functional groups attached to an aromatic ring is 1. The van der Waals surface area contributed by atoms with Gasteiger partial charge in [-0.3, -0.25) is 0 Å². The lowest BCUT2D eigenvalue weighted by Crippen LogP contribution is -2.01. The molecule has 0 fully saturated rings. The van der Waals surface area contributed by atoms with E-state index in [0.29, 0.717) is 0 Å². The Bertz CT molecular complexity index is 387. The summed E-state index contributed by atoms with van der Waals surface area (Å²) in [6.45, 7) is 7.18. The fourth-order valence-electron chi connectivity index (χ4n) is 2.42. The third-order valence-corrected chi connectivity index (χ3v) is 3.82. The predicted molar refractivity (Wildman–Crippen MR) is 88.4 cm³/mol. The molecule has 2 heteroatoms. The maximum Gasteiger partial charge on any atom is 0.124 e. The van der Waals surface area contributed by atoms with Gasteiger partial charge in [0.1, 0.15) is 5.75 Å². The van der Waals surface area contributed by atoms with Crippen LogP contribution < -0.4 is 10.5 Å². The molecule has 0 saturated heterocycles. The Hall–Kier alpha value is -1.18. The van der Waals surface area contributed by atoms with Crippen LogP contribution in [-0.2, 0) is 0 Å². The highest BCUT2D eigenvalue weighted by Crippen LogP contribution is 2.24. The molecule has 0 aliphatic heterocycles. The molecule has 1 rings (SSSR count). The van der Waals surface area contributed by atoms with Crippen LogP contribution in [-0.4, -0.2) is 6.61 Å². The van der Waals surface area contributed by atoms with Crippen LogP contribution in [0.25, 0.3) is 0 Å². The maximum atomic E-state index is 5.92. The molecule has 0 aliphatic rings. The number of anilines is 1. The number of nitrogens with two attached hydrogens (primary N) is 1. The average Bonchev–Trinajstić information content (AvgIpc) is 2.42. The third kappa shape index (κ3) is 6.31. The van der Waals surface area contributed by atoms with Crippen molar-refractivity contribution in [3.05, 3.63) is 23.3 Å². The van der Waals surface area contributed by atoms with Crippen LogP contribution in [0.4, 0.5) is 5.69 Å². The second-order valence-electron chi connectivity index (χ2n) is 5.80. The zero-order valence-electron chi connectivity index (χ0n) is 13.5. The first-order valence-electron chi connectivity index (χ1n) is 8.14. The van der Waals surface area contributed by atoms with E-state index < -0.39 is 0 Å². The normalized spacial score (nSPS) is 10.8. The van der Waals surface area contributed by atoms with Crippen molar-refractivity contribution in [2.24, 2.45) is 0 Å². The van der Waals surface area contributed by atoms with Crippen LogP contribution in [0.5, 0.6) is 5.75 Å². The number of hydrogen-bond donors (Lipinski definition) is 1. The van der Waals surface area contributed by atoms with Crippen LogP contribution in [0.1, 0.15) is 69.4 Å². The van der Waals surface area contributed by atoms with Gasteiger partial charge in [0.2, 0.25) is 0 Å². The van der Waals surface area contributed by atoms with Crippen LogP contribution >= 0.6 is 0 Å². The van der Waals surface area contributed by atoms with Gasteiger partial charge < -0.3 is 10.5 Å². The minimum atomic E-state index is 0.804. The average molecular weight is 277 g/mol. The minimum Gasteiger partial charge on any atom is -0.493 e. The van der Waals surface area contributed by atoms with Crippen LogP contribution in [0, 0.1) is 13.8 Å². The van der Waals surface area contributed by atoms with E-state index in [1.807, 2.05) is 13.0 Å². The number of aryl methyl sites for hydroxylation is 2. The van der Waals surface area contributed by atoms with Gasteiger partial charge in [0, 0.05) is 11.8 Å². The summed E-state index contributed by atoms with van der Waals surface area (Å²) in [5, 5.41) is 0. The predicted octanol–water partition coefficient (Wildman–Crippen LogP) is 5.41. The summed E-state index contributed by atoms with van der Waals surface area (Å²) in [5.74, 6) is 0.941. The Balaban J connectivity index is 2.11. The Morgan fingerprint density at radius 1 is 0.850 bits per heavy atom. The molecule has 2 nitrogen and oxygen atoms in total. The first kappa shape index (κ1) is 16.9. The molecule has 0 bridgehead atoms. The van der Waals surface area contributed by atoms with Gasteiger partial charge in [-0.1, -0.05) is 57.9 Å². The molecule has 0 amide bonds. The van der Waals surface area contributed by atoms with Crippen molar-refractivity contribution in [2.45, 2.75) is 72.1 Å². The van der Waals surface area contributed by atoms with Crippen molar-refractivity contribution in [1.82, 2.24) is 0 Å². The van der Waals surface area contributed by atoms with Gasteiger partial charge >= 0.3 is 0 Å². The largest absolute Gasteiger partial charge is 0.493 e. The smallest absolute Gasteiger partial charge is 0.124 e. The molecule has 0 heterocycles. The van der Waals surface area contributed by atoms with E-state index in [0.717, 1.165) is 30.0 Å². The quantitative estimate of drug-likeness (QED) is 0.458. The Morgan fingerprint density at radius 2 is 1.45 bits per heavy atom. The summed E-state index contributed by atoms with van der Waals surface area (Å²) in [4.78, 5) is 0. The minimum absolute atomic E-state index is 0.804. The number of benzene rings is 1. The van der Waals surface area contributed by atoms with Crippen molar-refractivity contribution in [2.75, 3.05) is 12.3 Å². The van der Waals surface area contributed by atoms with E-state index in [-0.39, 0.29) is 0 Å². The van der Waals surface area contributed by atoms with Gasteiger partial charge in [-0.2, -0.15) is 0 Å². The van der Waals surface area contributed by atoms with Gasteiger partial charge in [0.05, 0.1) is 6.61 Å². The van der Waals surface area contributed by atoms with Crippen LogP contribution in [0.2, 0.25) is 0 Å². The van der Waals surface area contributed by atoms with E-state index in [9.17, 15) is 0 Å². The second kappa shape index (κ2) is 9.68. The van der Waals surface area contributed by atoms with E-state index in [1.165, 1.54) is 50.5 Å². The highest BCUT2D eigenvalue weighted by Gasteiger charge is 2.03. The Labute approximate surface area is 124 Å². The van der Waals surface area contributed by atoms with Crippen LogP contribution in [0.15, 0.2) is 12.1 Å². The summed E-state index contributed by atoms with van der Waals surface area (Å²) >= 11 is 0. The molecule has 0 saturated carbocycles. The summed E-state index contributed by atoms with van der Waals surface area (Å²) in [5.41, 5.74) is 9.04. The summed E-state index contributed by atoms with van der Waals surface area (Å²) < 4.78 is 5.84. The SMILES string of the molecule is CCCCCCCCCCOc1cc(N)c(C)cc1C. The number of hydrogen-bond acceptors (Lipinski definition) is 2. The maximum absolute atomic E-state index is 5.92. The molecular weight excluding hydrogens is 246 g/mol. The van der Waals surface area contributed by atoms with Gasteiger partial charge in [0.25, 0.3) is 0 Å². The van der Waals surface area contributed by atoms with Gasteiger partial charge in [-0.05, 0) is 31.4 Å². The van der Waals surface area contributed by atoms with Gasteiger partial charge in [-0.15, -0.1) is 0 Å². The molecule has 0 spiro atoms. The van der Waals surface area contributed by atoms with Gasteiger partial charge in [-0.25, -0.2) is 0 Å². The first-order chi connectivity index (χ1) is 9.65. The summed E-state index contributed by atoms with van der Waals surface area (Å²) in [6.07, 6.45) is 10.6. The Morgan fingerprint density at radius 3 is 2.10 bits per heavy atom. The summed E-state index contributed by atoms with van der Waals surface area (Å²) in [7, 11) is 0. The summed E-state index contributed by atoms with van der Waals surface area (Å²) in [6, 6.07) is 4.05. The number of unbranched alkanes of at least 4 members (excludes halogenated alkanes) is 7. The Kier molecular flexibility index (Phi) is 8.17. The highest BCUT2D eigenvalue weighted by molar-refractivity contribution is 5.54. The molecule has 0 radical (unpaired) electrons. The lowest BCUT2D eigenvalue weighted by molar-refractivity contribution is 0.302. The monoisotopic (exact) mass is 277 g/mol. The first-order valence-corrected chi connectivity index (χ1v) is 8.14. The highest BCUT2D eigenvalue weighted by atomic mass is 16.5. The second-order valence-corrected chi connectivity index (χ2v) is 5.80. The lowest BCUT2D eigenvalue weighted by Gasteiger charge is -2.11. The zero-order chi connectivity index (χ0) is 14.8. The lowest BCUT2D eigenvalue weighted by atomic mass is 10.1. The van der Waals surface area contributed by atoms with E-state index >= 15 is 0 Å². The van der Waals surface area contributed by atoms with Gasteiger partial charge in [0.15, 0.2) is 0 Å². The number of rotatable bonds is 10. The zero-order valence-corrected chi connectivity index (χ0v) is 13.5. The molecule has 0 atom stereocenters. The molecule has 1 aromatic carbocycles. The molecule has 2 N–H and O–H groups in total. The topological polar surface area (TPSA) is 35.2 Å². The standard InChI is InChI=1S/C18H31NO/c1-4-5-6-7-8-9-10-11-12-20-18-14-17(19)15(2)13-16(18)3/h13-14H,4-12,19H2,1-3H3. The third-order valence-electron chi connectivity index (χ3n) is 3.82. The molecule has 0 aliphatic carbocycles. The fourth-order valence-corrected chi connectivity index (χ4v) is 2.42. The van der Waals surface area contributed by atoms with Crippen molar-refractivity contribution in [3.63, 3.8) is 0 Å². The molecule has 0 aromatic heterocycles. The molecule has 1 aromatic rings. The fraction of sp³-hybridized carbons (Fsp3) is 0.667. The van der Waals surface area contributed by atoms with E-state index in [1.54, 1.807) is 0 Å². The van der Waals surface area contributed by atoms with Crippen molar-refractivity contribution < 1.29 is 4.74 Å². The van der Waals surface area contributed by atoms with E-state index in [4.69, 9.17) is 10.5 Å². The van der Waals surface area contributed by atoms with Crippen molar-refractivity contribution in [3.8, 4) is 5.75 Å². The molecule has 114 valence electrons. The van der Waals surface area contributed by atoms with E-state index in [2.05, 4.69) is 19.9 Å². The van der Waals surface area contributed by atoms with Crippen molar-refractivity contribution in [1.29, 1.82) is 0 Å². The van der Waals surface area contributed by atoms with Crippen molar-refractivity contribution >= 4 is 5.69 Å². The van der Waals surface area contributed by atoms with Crippen LogP contribution in [0.3, 0.4) is 0 Å². The molecule has 20 heavy (non-hydrogen) atoms. The molecule has 0 unspecified atom stereocenters. The molecular formula is C18H31NO.